The van der Waals surface area contributed by atoms with E-state index in [9.17, 15) is 0 Å². The van der Waals surface area contributed by atoms with Crippen LogP contribution in [-0.2, 0) is 13.0 Å². The van der Waals surface area contributed by atoms with E-state index in [0.29, 0.717) is 6.04 Å². The van der Waals surface area contributed by atoms with Gasteiger partial charge in [-0.25, -0.2) is 0 Å². The van der Waals surface area contributed by atoms with Crippen LogP contribution in [-0.4, -0.2) is 24.0 Å². The minimum atomic E-state index is 0.500. The molecule has 0 amide bonds. The predicted molar refractivity (Wildman–Crippen MR) is 88.6 cm³/mol. The Morgan fingerprint density at radius 1 is 1.19 bits per heavy atom. The van der Waals surface area contributed by atoms with Crippen molar-refractivity contribution in [2.75, 3.05) is 13.1 Å². The minimum Gasteiger partial charge on any atom is -0.312 e. The molecule has 1 aliphatic heterocycles. The number of thiophene rings is 1. The number of nitrogens with one attached hydrogen (secondary N) is 1. The van der Waals surface area contributed by atoms with Crippen LogP contribution in [0.1, 0.15) is 34.9 Å². The molecule has 1 fully saturated rings. The molecule has 2 aliphatic rings. The maximum absolute atomic E-state index is 3.73. The third-order valence-electron chi connectivity index (χ3n) is 4.64. The standard InChI is InChI=1S/C18H22N2S/c1-2-4-14(5-3-1)17(12-19-16-6-7-16)20-10-8-18-15(13-20)9-11-21-18/h1-5,9,11,16-17,19H,6-8,10,12-13H2. The first kappa shape index (κ1) is 13.5. The largest absolute Gasteiger partial charge is 0.312 e. The highest BCUT2D eigenvalue weighted by Gasteiger charge is 2.28. The molecule has 2 aromatic rings. The predicted octanol–water partition coefficient (Wildman–Crippen LogP) is 3.60. The number of hydrogen-bond donors (Lipinski definition) is 1. The van der Waals surface area contributed by atoms with E-state index >= 15 is 0 Å². The molecule has 21 heavy (non-hydrogen) atoms. The topological polar surface area (TPSA) is 15.3 Å². The Labute approximate surface area is 130 Å². The Kier molecular flexibility index (Phi) is 3.80. The van der Waals surface area contributed by atoms with Gasteiger partial charge >= 0.3 is 0 Å². The molecule has 3 heteroatoms. The van der Waals surface area contributed by atoms with Gasteiger partial charge in [0.25, 0.3) is 0 Å². The van der Waals surface area contributed by atoms with Gasteiger partial charge in [0.15, 0.2) is 0 Å². The molecule has 2 heterocycles. The SMILES string of the molecule is c1ccc(C(CNC2CC2)N2CCc3sccc3C2)cc1. The molecule has 1 atom stereocenters. The van der Waals surface area contributed by atoms with Gasteiger partial charge in [-0.05, 0) is 41.8 Å². The first-order chi connectivity index (χ1) is 10.4. The lowest BCUT2D eigenvalue weighted by molar-refractivity contribution is 0.176. The van der Waals surface area contributed by atoms with Crippen molar-refractivity contribution in [3.05, 3.63) is 57.8 Å². The molecule has 0 radical (unpaired) electrons. The summed E-state index contributed by atoms with van der Waals surface area (Å²) in [6, 6.07) is 14.6. The summed E-state index contributed by atoms with van der Waals surface area (Å²) < 4.78 is 0. The van der Waals surface area contributed by atoms with Crippen molar-refractivity contribution in [3.63, 3.8) is 0 Å². The molecular weight excluding hydrogens is 276 g/mol. The number of nitrogens with zero attached hydrogens (tertiary/aromatic N) is 1. The fourth-order valence-corrected chi connectivity index (χ4v) is 4.12. The highest BCUT2D eigenvalue weighted by molar-refractivity contribution is 7.10. The third kappa shape index (κ3) is 3.05. The first-order valence-electron chi connectivity index (χ1n) is 7.98. The van der Waals surface area contributed by atoms with Crippen LogP contribution in [0.3, 0.4) is 0 Å². The van der Waals surface area contributed by atoms with E-state index in [1.807, 2.05) is 11.3 Å². The number of hydrogen-bond acceptors (Lipinski definition) is 3. The number of rotatable bonds is 5. The highest BCUT2D eigenvalue weighted by Crippen LogP contribution is 2.30. The van der Waals surface area contributed by atoms with Crippen molar-refractivity contribution in [2.24, 2.45) is 0 Å². The lowest BCUT2D eigenvalue weighted by atomic mass is 10.0. The average Bonchev–Trinajstić information content (AvgIpc) is 3.24. The van der Waals surface area contributed by atoms with Gasteiger partial charge in [-0.15, -0.1) is 11.3 Å². The van der Waals surface area contributed by atoms with Crippen LogP contribution in [0.15, 0.2) is 41.8 Å². The van der Waals surface area contributed by atoms with Crippen LogP contribution >= 0.6 is 11.3 Å². The normalized spacial score (nSPS) is 20.2. The van der Waals surface area contributed by atoms with Gasteiger partial charge in [0, 0.05) is 36.6 Å². The van der Waals surface area contributed by atoms with Crippen LogP contribution in [0.2, 0.25) is 0 Å². The van der Waals surface area contributed by atoms with Crippen molar-refractivity contribution in [3.8, 4) is 0 Å². The van der Waals surface area contributed by atoms with Gasteiger partial charge < -0.3 is 5.32 Å². The molecule has 110 valence electrons. The zero-order chi connectivity index (χ0) is 14.1. The molecule has 0 bridgehead atoms. The summed E-state index contributed by atoms with van der Waals surface area (Å²) in [4.78, 5) is 4.24. The summed E-state index contributed by atoms with van der Waals surface area (Å²) in [7, 11) is 0. The van der Waals surface area contributed by atoms with Crippen molar-refractivity contribution in [1.29, 1.82) is 0 Å². The zero-order valence-electron chi connectivity index (χ0n) is 12.3. The zero-order valence-corrected chi connectivity index (χ0v) is 13.1. The first-order valence-corrected chi connectivity index (χ1v) is 8.86. The average molecular weight is 298 g/mol. The van der Waals surface area contributed by atoms with Crippen molar-refractivity contribution in [2.45, 2.75) is 37.9 Å². The molecule has 2 nitrogen and oxygen atoms in total. The third-order valence-corrected chi connectivity index (χ3v) is 5.66. The van der Waals surface area contributed by atoms with Crippen molar-refractivity contribution >= 4 is 11.3 Å². The minimum absolute atomic E-state index is 0.500. The van der Waals surface area contributed by atoms with E-state index in [1.165, 1.54) is 31.4 Å². The van der Waals surface area contributed by atoms with E-state index in [4.69, 9.17) is 0 Å². The second-order valence-electron chi connectivity index (χ2n) is 6.20. The Hall–Kier alpha value is -1.16. The Morgan fingerprint density at radius 2 is 2.05 bits per heavy atom. The monoisotopic (exact) mass is 298 g/mol. The van der Waals surface area contributed by atoms with Crippen LogP contribution in [0.25, 0.3) is 0 Å². The van der Waals surface area contributed by atoms with E-state index < -0.39 is 0 Å². The maximum atomic E-state index is 3.73. The van der Waals surface area contributed by atoms with Crippen LogP contribution < -0.4 is 5.32 Å². The van der Waals surface area contributed by atoms with Gasteiger partial charge in [-0.3, -0.25) is 4.90 Å². The Morgan fingerprint density at radius 3 is 2.86 bits per heavy atom. The second kappa shape index (κ2) is 5.91. The van der Waals surface area contributed by atoms with Crippen molar-refractivity contribution < 1.29 is 0 Å². The Bertz CT molecular complexity index is 588. The van der Waals surface area contributed by atoms with Crippen LogP contribution in [0.4, 0.5) is 0 Å². The summed E-state index contributed by atoms with van der Waals surface area (Å²) >= 11 is 1.92. The van der Waals surface area contributed by atoms with Crippen LogP contribution in [0, 0.1) is 0 Å². The Balaban J connectivity index is 1.54. The second-order valence-corrected chi connectivity index (χ2v) is 7.20. The van der Waals surface area contributed by atoms with Gasteiger partial charge in [0.05, 0.1) is 0 Å². The lowest BCUT2D eigenvalue weighted by Crippen LogP contribution is -2.39. The quantitative estimate of drug-likeness (QED) is 0.907. The summed E-state index contributed by atoms with van der Waals surface area (Å²) in [6.45, 7) is 3.36. The number of fused-ring (bicyclic) bond motifs is 1. The molecule has 1 saturated carbocycles. The van der Waals surface area contributed by atoms with Gasteiger partial charge in [0.1, 0.15) is 0 Å². The summed E-state index contributed by atoms with van der Waals surface area (Å²) in [6.07, 6.45) is 3.92. The molecule has 1 aromatic heterocycles. The van der Waals surface area contributed by atoms with Crippen molar-refractivity contribution in [1.82, 2.24) is 10.2 Å². The fourth-order valence-electron chi connectivity index (χ4n) is 3.24. The van der Waals surface area contributed by atoms with E-state index in [1.54, 1.807) is 10.4 Å². The van der Waals surface area contributed by atoms with Gasteiger partial charge in [-0.1, -0.05) is 30.3 Å². The van der Waals surface area contributed by atoms with E-state index in [-0.39, 0.29) is 0 Å². The highest BCUT2D eigenvalue weighted by atomic mass is 32.1. The molecule has 1 unspecified atom stereocenters. The molecule has 0 saturated heterocycles. The molecule has 1 N–H and O–H groups in total. The summed E-state index contributed by atoms with van der Waals surface area (Å²) in [5, 5.41) is 5.98. The van der Waals surface area contributed by atoms with Crippen LogP contribution in [0.5, 0.6) is 0 Å². The molecule has 0 spiro atoms. The summed E-state index contributed by atoms with van der Waals surface area (Å²) in [5.74, 6) is 0. The molecule has 1 aliphatic carbocycles. The smallest absolute Gasteiger partial charge is 0.0476 e. The van der Waals surface area contributed by atoms with E-state index in [2.05, 4.69) is 52.0 Å². The van der Waals surface area contributed by atoms with E-state index in [0.717, 1.165) is 19.1 Å². The maximum Gasteiger partial charge on any atom is 0.0476 e. The fraction of sp³-hybridized carbons (Fsp3) is 0.444. The lowest BCUT2D eigenvalue weighted by Gasteiger charge is -2.35. The molecular formula is C18H22N2S. The van der Waals surface area contributed by atoms with Gasteiger partial charge in [-0.2, -0.15) is 0 Å². The van der Waals surface area contributed by atoms with Gasteiger partial charge in [0.2, 0.25) is 0 Å². The summed E-state index contributed by atoms with van der Waals surface area (Å²) in [5.41, 5.74) is 2.99. The number of benzene rings is 1. The molecule has 1 aromatic carbocycles. The molecule has 4 rings (SSSR count).